The third kappa shape index (κ3) is 5.81. The fourth-order valence-corrected chi connectivity index (χ4v) is 4.02. The fourth-order valence-electron chi connectivity index (χ4n) is 4.02. The Kier molecular flexibility index (Phi) is 7.22. The number of piperidine rings is 1. The van der Waals surface area contributed by atoms with Crippen molar-refractivity contribution in [2.24, 2.45) is 5.92 Å². The number of urea groups is 1. The summed E-state index contributed by atoms with van der Waals surface area (Å²) in [4.78, 5) is 39.5. The third-order valence-electron chi connectivity index (χ3n) is 5.97. The number of carbonyl (C=O) groups excluding carboxylic acids is 3. The largest absolute Gasteiger partial charge is 0.339 e. The van der Waals surface area contributed by atoms with Crippen LogP contribution in [0.5, 0.6) is 0 Å². The molecule has 1 fully saturated rings. The Labute approximate surface area is 199 Å². The molecule has 1 saturated heterocycles. The number of carbonyl (C=O) groups is 3. The van der Waals surface area contributed by atoms with Crippen molar-refractivity contribution in [2.75, 3.05) is 29.0 Å². The van der Waals surface area contributed by atoms with E-state index in [-0.39, 0.29) is 23.8 Å². The summed E-state index contributed by atoms with van der Waals surface area (Å²) in [5.41, 5.74) is 3.67. The molecule has 174 valence electrons. The van der Waals surface area contributed by atoms with Crippen molar-refractivity contribution < 1.29 is 14.4 Å². The van der Waals surface area contributed by atoms with Crippen LogP contribution in [0.4, 0.5) is 21.9 Å². The maximum absolute atomic E-state index is 12.8. The van der Waals surface area contributed by atoms with Gasteiger partial charge in [-0.15, -0.1) is 0 Å². The Balaban J connectivity index is 1.25. The summed E-state index contributed by atoms with van der Waals surface area (Å²) in [5.74, 6) is -0.169. The number of amides is 4. The molecule has 4 rings (SSSR count). The molecule has 1 aliphatic rings. The molecule has 0 unspecified atom stereocenters. The van der Waals surface area contributed by atoms with Crippen molar-refractivity contribution in [1.29, 1.82) is 0 Å². The summed E-state index contributed by atoms with van der Waals surface area (Å²) in [7, 11) is 0. The van der Waals surface area contributed by atoms with Crippen molar-refractivity contribution in [3.05, 3.63) is 90.0 Å². The van der Waals surface area contributed by atoms with Gasteiger partial charge in [-0.3, -0.25) is 9.59 Å². The van der Waals surface area contributed by atoms with E-state index in [0.717, 1.165) is 11.1 Å². The van der Waals surface area contributed by atoms with Crippen LogP contribution >= 0.6 is 0 Å². The highest BCUT2D eigenvalue weighted by Crippen LogP contribution is 2.22. The lowest BCUT2D eigenvalue weighted by Gasteiger charge is -2.31. The predicted molar refractivity (Wildman–Crippen MR) is 134 cm³/mol. The molecule has 3 aromatic rings. The highest BCUT2D eigenvalue weighted by atomic mass is 16.2. The van der Waals surface area contributed by atoms with E-state index >= 15 is 0 Å². The molecule has 0 aromatic heterocycles. The lowest BCUT2D eigenvalue weighted by atomic mass is 9.95. The summed E-state index contributed by atoms with van der Waals surface area (Å²) in [6, 6.07) is 23.4. The number of nitrogens with one attached hydrogen (secondary N) is 3. The first kappa shape index (κ1) is 23.0. The minimum Gasteiger partial charge on any atom is -0.339 e. The van der Waals surface area contributed by atoms with Gasteiger partial charge in [-0.2, -0.15) is 0 Å². The van der Waals surface area contributed by atoms with Crippen LogP contribution in [-0.4, -0.2) is 35.8 Å². The quantitative estimate of drug-likeness (QED) is 0.497. The monoisotopic (exact) mass is 456 g/mol. The summed E-state index contributed by atoms with van der Waals surface area (Å²) in [6.07, 6.45) is 1.26. The second kappa shape index (κ2) is 10.7. The average molecular weight is 457 g/mol. The minimum atomic E-state index is -0.338. The molecule has 0 saturated carbocycles. The van der Waals surface area contributed by atoms with E-state index in [4.69, 9.17) is 0 Å². The average Bonchev–Trinajstić information content (AvgIpc) is 2.86. The number of nitrogens with zero attached hydrogens (tertiary/aromatic N) is 1. The maximum atomic E-state index is 12.8. The van der Waals surface area contributed by atoms with Gasteiger partial charge in [0.25, 0.3) is 5.91 Å². The molecule has 1 heterocycles. The summed E-state index contributed by atoms with van der Waals surface area (Å²) in [6.45, 7) is 3.05. The van der Waals surface area contributed by atoms with Crippen LogP contribution in [0, 0.1) is 12.8 Å². The zero-order valence-corrected chi connectivity index (χ0v) is 19.1. The molecular weight excluding hydrogens is 428 g/mol. The van der Waals surface area contributed by atoms with Crippen LogP contribution in [0.25, 0.3) is 0 Å². The Morgan fingerprint density at radius 1 is 0.706 bits per heavy atom. The topological polar surface area (TPSA) is 90.5 Å². The van der Waals surface area contributed by atoms with E-state index in [0.29, 0.717) is 43.0 Å². The molecule has 0 atom stereocenters. The molecule has 3 aromatic carbocycles. The van der Waals surface area contributed by atoms with Gasteiger partial charge in [-0.05, 0) is 67.8 Å². The number of likely N-dealkylation sites (tertiary alicyclic amines) is 1. The standard InChI is InChI=1S/C27H28N4O3/c1-19-7-5-6-10-24(19)26(33)31-17-15-20(16-18-31)25(32)28-22-11-13-23(14-12-22)30-27(34)29-21-8-3-2-4-9-21/h2-14,20H,15-18H2,1H3,(H,28,32)(H2,29,30,34). The normalized spacial score (nSPS) is 13.7. The van der Waals surface area contributed by atoms with Gasteiger partial charge in [0.1, 0.15) is 0 Å². The van der Waals surface area contributed by atoms with E-state index in [2.05, 4.69) is 16.0 Å². The van der Waals surface area contributed by atoms with Crippen LogP contribution in [0.1, 0.15) is 28.8 Å². The van der Waals surface area contributed by atoms with E-state index < -0.39 is 0 Å². The SMILES string of the molecule is Cc1ccccc1C(=O)N1CCC(C(=O)Nc2ccc(NC(=O)Nc3ccccc3)cc2)CC1. The van der Waals surface area contributed by atoms with Crippen molar-refractivity contribution in [3.63, 3.8) is 0 Å². The molecule has 0 spiro atoms. The summed E-state index contributed by atoms with van der Waals surface area (Å²) in [5, 5.41) is 8.47. The number of hydrogen-bond acceptors (Lipinski definition) is 3. The zero-order chi connectivity index (χ0) is 23.9. The molecule has 1 aliphatic heterocycles. The predicted octanol–water partition coefficient (Wildman–Crippen LogP) is 5.13. The van der Waals surface area contributed by atoms with Gasteiger partial charge < -0.3 is 20.9 Å². The van der Waals surface area contributed by atoms with E-state index in [9.17, 15) is 14.4 Å². The maximum Gasteiger partial charge on any atom is 0.323 e. The van der Waals surface area contributed by atoms with Crippen molar-refractivity contribution in [1.82, 2.24) is 4.90 Å². The Hall–Kier alpha value is -4.13. The van der Waals surface area contributed by atoms with Gasteiger partial charge in [0, 0.05) is 41.6 Å². The first-order valence-electron chi connectivity index (χ1n) is 11.4. The second-order valence-corrected chi connectivity index (χ2v) is 8.39. The number of para-hydroxylation sites is 1. The Morgan fingerprint density at radius 2 is 1.24 bits per heavy atom. The smallest absolute Gasteiger partial charge is 0.323 e. The van der Waals surface area contributed by atoms with Gasteiger partial charge in [-0.25, -0.2) is 4.79 Å². The lowest BCUT2D eigenvalue weighted by Crippen LogP contribution is -2.41. The van der Waals surface area contributed by atoms with E-state index in [1.165, 1.54) is 0 Å². The first-order valence-corrected chi connectivity index (χ1v) is 11.4. The molecule has 4 amide bonds. The highest BCUT2D eigenvalue weighted by molar-refractivity contribution is 6.00. The molecule has 7 nitrogen and oxygen atoms in total. The third-order valence-corrected chi connectivity index (χ3v) is 5.97. The van der Waals surface area contributed by atoms with Crippen molar-refractivity contribution >= 4 is 34.9 Å². The molecule has 0 bridgehead atoms. The Bertz CT molecular complexity index is 1150. The zero-order valence-electron chi connectivity index (χ0n) is 19.1. The highest BCUT2D eigenvalue weighted by Gasteiger charge is 2.28. The van der Waals surface area contributed by atoms with Crippen LogP contribution in [0.2, 0.25) is 0 Å². The second-order valence-electron chi connectivity index (χ2n) is 8.39. The molecule has 3 N–H and O–H groups in total. The van der Waals surface area contributed by atoms with Gasteiger partial charge in [-0.1, -0.05) is 36.4 Å². The Morgan fingerprint density at radius 3 is 1.85 bits per heavy atom. The van der Waals surface area contributed by atoms with Crippen LogP contribution < -0.4 is 16.0 Å². The molecular formula is C27H28N4O3. The molecule has 0 aliphatic carbocycles. The molecule has 0 radical (unpaired) electrons. The number of aryl methyl sites for hydroxylation is 1. The van der Waals surface area contributed by atoms with Crippen molar-refractivity contribution in [2.45, 2.75) is 19.8 Å². The van der Waals surface area contributed by atoms with Crippen LogP contribution in [0.3, 0.4) is 0 Å². The number of hydrogen-bond donors (Lipinski definition) is 3. The first-order chi connectivity index (χ1) is 16.5. The number of benzene rings is 3. The summed E-state index contributed by atoms with van der Waals surface area (Å²) >= 11 is 0. The van der Waals surface area contributed by atoms with Gasteiger partial charge in [0.2, 0.25) is 5.91 Å². The van der Waals surface area contributed by atoms with Gasteiger partial charge in [0.15, 0.2) is 0 Å². The molecule has 34 heavy (non-hydrogen) atoms. The van der Waals surface area contributed by atoms with Crippen LogP contribution in [0.15, 0.2) is 78.9 Å². The van der Waals surface area contributed by atoms with Crippen molar-refractivity contribution in [3.8, 4) is 0 Å². The minimum absolute atomic E-state index is 0.0244. The molecule has 7 heteroatoms. The van der Waals surface area contributed by atoms with Gasteiger partial charge >= 0.3 is 6.03 Å². The number of rotatable bonds is 5. The van der Waals surface area contributed by atoms with E-state index in [1.54, 1.807) is 36.4 Å². The number of anilines is 3. The fraction of sp³-hybridized carbons (Fsp3) is 0.222. The van der Waals surface area contributed by atoms with E-state index in [1.807, 2.05) is 54.3 Å². The van der Waals surface area contributed by atoms with Crippen LogP contribution in [-0.2, 0) is 4.79 Å². The van der Waals surface area contributed by atoms with Gasteiger partial charge in [0.05, 0.1) is 0 Å². The summed E-state index contributed by atoms with van der Waals surface area (Å²) < 4.78 is 0. The lowest BCUT2D eigenvalue weighted by molar-refractivity contribution is -0.121.